The molecule has 2 rings (SSSR count). The third-order valence-corrected chi connectivity index (χ3v) is 3.49. The van der Waals surface area contributed by atoms with Crippen LogP contribution in [0.1, 0.15) is 27.2 Å². The van der Waals surface area contributed by atoms with Crippen LogP contribution < -0.4 is 10.6 Å². The lowest BCUT2D eigenvalue weighted by Gasteiger charge is -2.33. The molecule has 0 aliphatic heterocycles. The number of hydrogen-bond acceptors (Lipinski definition) is 4. The van der Waals surface area contributed by atoms with Crippen LogP contribution in [-0.4, -0.2) is 29.6 Å². The minimum atomic E-state index is 0.0707. The van der Waals surface area contributed by atoms with Crippen LogP contribution in [0.25, 0.3) is 10.9 Å². The maximum absolute atomic E-state index is 5.88. The number of anilines is 1. The second-order valence-electron chi connectivity index (χ2n) is 6.00. The molecule has 2 N–H and O–H groups in total. The van der Waals surface area contributed by atoms with Gasteiger partial charge in [0, 0.05) is 18.5 Å². The molecule has 0 unspecified atom stereocenters. The van der Waals surface area contributed by atoms with E-state index >= 15 is 0 Å². The smallest absolute Gasteiger partial charge is 0.139 e. The van der Waals surface area contributed by atoms with E-state index in [-0.39, 0.29) is 5.41 Å². The fourth-order valence-corrected chi connectivity index (χ4v) is 2.35. The van der Waals surface area contributed by atoms with Crippen molar-refractivity contribution in [3.8, 4) is 0 Å². The van der Waals surface area contributed by atoms with E-state index in [9.17, 15) is 0 Å². The van der Waals surface area contributed by atoms with E-state index in [1.807, 2.05) is 18.2 Å². The monoisotopic (exact) mass is 272 g/mol. The summed E-state index contributed by atoms with van der Waals surface area (Å²) in [5.41, 5.74) is 6.94. The van der Waals surface area contributed by atoms with Crippen molar-refractivity contribution < 1.29 is 0 Å². The molecule has 0 aliphatic rings. The van der Waals surface area contributed by atoms with Crippen molar-refractivity contribution in [1.29, 1.82) is 0 Å². The minimum Gasteiger partial charge on any atom is -0.355 e. The Kier molecular flexibility index (Phi) is 4.55. The highest BCUT2D eigenvalue weighted by Gasteiger charge is 2.22. The fourth-order valence-electron chi connectivity index (χ4n) is 2.35. The van der Waals surface area contributed by atoms with E-state index in [1.54, 1.807) is 6.33 Å². The second kappa shape index (κ2) is 6.18. The van der Waals surface area contributed by atoms with Gasteiger partial charge >= 0.3 is 0 Å². The predicted octanol–water partition coefficient (Wildman–Crippen LogP) is 2.83. The van der Waals surface area contributed by atoms with Crippen LogP contribution in [-0.2, 0) is 0 Å². The van der Waals surface area contributed by atoms with Crippen LogP contribution in [0.4, 0.5) is 5.82 Å². The van der Waals surface area contributed by atoms with Gasteiger partial charge in [-0.3, -0.25) is 0 Å². The van der Waals surface area contributed by atoms with Gasteiger partial charge in [-0.25, -0.2) is 9.97 Å². The Labute approximate surface area is 121 Å². The summed E-state index contributed by atoms with van der Waals surface area (Å²) in [5, 5.41) is 1.11. The highest BCUT2D eigenvalue weighted by Crippen LogP contribution is 2.26. The van der Waals surface area contributed by atoms with Gasteiger partial charge < -0.3 is 10.6 Å². The molecule has 2 aromatic rings. The predicted molar refractivity (Wildman–Crippen MR) is 84.9 cm³/mol. The van der Waals surface area contributed by atoms with Crippen molar-refractivity contribution in [3.05, 3.63) is 30.6 Å². The van der Waals surface area contributed by atoms with Crippen LogP contribution in [0.5, 0.6) is 0 Å². The van der Waals surface area contributed by atoms with Crippen molar-refractivity contribution >= 4 is 16.7 Å². The van der Waals surface area contributed by atoms with E-state index in [4.69, 9.17) is 5.73 Å². The largest absolute Gasteiger partial charge is 0.355 e. The summed E-state index contributed by atoms with van der Waals surface area (Å²) in [6.45, 7) is 9.11. The minimum absolute atomic E-state index is 0.0707. The first-order valence-corrected chi connectivity index (χ1v) is 7.22. The number of nitrogens with two attached hydrogens (primary N) is 1. The molecule has 1 heterocycles. The number of rotatable bonds is 6. The molecule has 20 heavy (non-hydrogen) atoms. The number of hydrogen-bond donors (Lipinski definition) is 1. The quantitative estimate of drug-likeness (QED) is 0.878. The molecule has 0 amide bonds. The standard InChI is InChI=1S/C16H24N4/c1-4-9-20(11-16(2,3)10-17)15-13-7-5-6-8-14(13)18-12-19-15/h5-8,12H,4,9-11,17H2,1-3H3. The molecule has 0 saturated heterocycles. The van der Waals surface area contributed by atoms with E-state index in [0.29, 0.717) is 6.54 Å². The Hall–Kier alpha value is -1.68. The molecule has 0 atom stereocenters. The van der Waals surface area contributed by atoms with Crippen molar-refractivity contribution in [2.45, 2.75) is 27.2 Å². The number of para-hydroxylation sites is 1. The SMILES string of the molecule is CCCN(CC(C)(C)CN)c1ncnc2ccccc12. The second-order valence-corrected chi connectivity index (χ2v) is 6.00. The average molecular weight is 272 g/mol. The summed E-state index contributed by atoms with van der Waals surface area (Å²) >= 11 is 0. The summed E-state index contributed by atoms with van der Waals surface area (Å²) in [6.07, 6.45) is 2.73. The van der Waals surface area contributed by atoms with Gasteiger partial charge in [-0.2, -0.15) is 0 Å². The Morgan fingerprint density at radius 1 is 1.20 bits per heavy atom. The van der Waals surface area contributed by atoms with Gasteiger partial charge in [0.05, 0.1) is 5.52 Å². The zero-order chi connectivity index (χ0) is 14.6. The van der Waals surface area contributed by atoms with Crippen LogP contribution in [0.3, 0.4) is 0 Å². The van der Waals surface area contributed by atoms with Gasteiger partial charge in [-0.05, 0) is 30.5 Å². The van der Waals surface area contributed by atoms with Gasteiger partial charge in [0.25, 0.3) is 0 Å². The molecule has 0 saturated carbocycles. The van der Waals surface area contributed by atoms with Crippen LogP contribution >= 0.6 is 0 Å². The Morgan fingerprint density at radius 2 is 1.95 bits per heavy atom. The molecule has 0 spiro atoms. The first-order valence-electron chi connectivity index (χ1n) is 7.22. The molecule has 0 bridgehead atoms. The molecule has 1 aromatic heterocycles. The van der Waals surface area contributed by atoms with E-state index in [0.717, 1.165) is 36.2 Å². The average Bonchev–Trinajstić information content (AvgIpc) is 2.46. The third kappa shape index (κ3) is 3.25. The Balaban J connectivity index is 2.41. The lowest BCUT2D eigenvalue weighted by molar-refractivity contribution is 0.377. The zero-order valence-corrected chi connectivity index (χ0v) is 12.6. The summed E-state index contributed by atoms with van der Waals surface area (Å²) < 4.78 is 0. The normalized spacial score (nSPS) is 11.8. The van der Waals surface area contributed by atoms with Crippen LogP contribution in [0, 0.1) is 5.41 Å². The third-order valence-electron chi connectivity index (χ3n) is 3.49. The first kappa shape index (κ1) is 14.7. The highest BCUT2D eigenvalue weighted by molar-refractivity contribution is 5.89. The van der Waals surface area contributed by atoms with Crippen LogP contribution in [0.15, 0.2) is 30.6 Å². The van der Waals surface area contributed by atoms with Gasteiger partial charge in [0.1, 0.15) is 12.1 Å². The Bertz CT molecular complexity index is 560. The Morgan fingerprint density at radius 3 is 2.65 bits per heavy atom. The number of aromatic nitrogens is 2. The summed E-state index contributed by atoms with van der Waals surface area (Å²) in [4.78, 5) is 11.2. The first-order chi connectivity index (χ1) is 9.57. The summed E-state index contributed by atoms with van der Waals surface area (Å²) in [5.74, 6) is 1.01. The topological polar surface area (TPSA) is 55.0 Å². The molecular formula is C16H24N4. The van der Waals surface area contributed by atoms with Crippen molar-refractivity contribution in [2.24, 2.45) is 11.1 Å². The zero-order valence-electron chi connectivity index (χ0n) is 12.6. The van der Waals surface area contributed by atoms with E-state index in [2.05, 4.69) is 41.7 Å². The highest BCUT2D eigenvalue weighted by atomic mass is 15.2. The van der Waals surface area contributed by atoms with E-state index in [1.165, 1.54) is 0 Å². The van der Waals surface area contributed by atoms with Gasteiger partial charge in [0.15, 0.2) is 0 Å². The van der Waals surface area contributed by atoms with Crippen LogP contribution in [0.2, 0.25) is 0 Å². The number of benzene rings is 1. The van der Waals surface area contributed by atoms with Gasteiger partial charge in [-0.15, -0.1) is 0 Å². The van der Waals surface area contributed by atoms with Crippen molar-refractivity contribution in [3.63, 3.8) is 0 Å². The van der Waals surface area contributed by atoms with Crippen molar-refractivity contribution in [2.75, 3.05) is 24.5 Å². The lowest BCUT2D eigenvalue weighted by Crippen LogP contribution is -2.39. The molecular weight excluding hydrogens is 248 g/mol. The van der Waals surface area contributed by atoms with Gasteiger partial charge in [-0.1, -0.05) is 32.9 Å². The molecule has 4 heteroatoms. The van der Waals surface area contributed by atoms with Gasteiger partial charge in [0.2, 0.25) is 0 Å². The maximum atomic E-state index is 5.88. The maximum Gasteiger partial charge on any atom is 0.139 e. The molecule has 0 radical (unpaired) electrons. The number of fused-ring (bicyclic) bond motifs is 1. The fraction of sp³-hybridized carbons (Fsp3) is 0.500. The van der Waals surface area contributed by atoms with Crippen molar-refractivity contribution in [1.82, 2.24) is 9.97 Å². The number of nitrogens with zero attached hydrogens (tertiary/aromatic N) is 3. The summed E-state index contributed by atoms with van der Waals surface area (Å²) in [6, 6.07) is 8.15. The lowest BCUT2D eigenvalue weighted by atomic mass is 9.93. The molecule has 0 fully saturated rings. The molecule has 0 aliphatic carbocycles. The molecule has 4 nitrogen and oxygen atoms in total. The molecule has 1 aromatic carbocycles. The summed E-state index contributed by atoms with van der Waals surface area (Å²) in [7, 11) is 0. The van der Waals surface area contributed by atoms with E-state index < -0.39 is 0 Å². The molecule has 108 valence electrons.